The highest BCUT2D eigenvalue weighted by atomic mass is 16.3. The molecule has 1 fully saturated rings. The number of carbonyl (C=O) groups excluding carboxylic acids is 2. The van der Waals surface area contributed by atoms with Gasteiger partial charge in [0.25, 0.3) is 11.8 Å². The minimum absolute atomic E-state index is 0.00837. The standard InChI is InChI=1S/C19H20N2O8/c22-12-6-10(7-13(23)16(12)26)18(28)20-2-1-3-21(5-4-20)19(29)11-8-14(24)17(27)15(25)9-11/h6-9,22-27H,1-5H2. The maximum absolute atomic E-state index is 12.7. The first-order chi connectivity index (χ1) is 13.7. The molecule has 0 aromatic heterocycles. The third-order valence-electron chi connectivity index (χ3n) is 4.70. The van der Waals surface area contributed by atoms with Gasteiger partial charge in [-0.3, -0.25) is 9.59 Å². The maximum atomic E-state index is 12.7. The molecule has 0 bridgehead atoms. The molecule has 6 N–H and O–H groups in total. The lowest BCUT2D eigenvalue weighted by Crippen LogP contribution is -2.37. The number of aromatic hydroxyl groups is 6. The van der Waals surface area contributed by atoms with E-state index in [1.807, 2.05) is 0 Å². The Morgan fingerprint density at radius 3 is 1.21 bits per heavy atom. The second-order valence-electron chi connectivity index (χ2n) is 6.66. The highest BCUT2D eigenvalue weighted by Crippen LogP contribution is 2.36. The first-order valence-corrected chi connectivity index (χ1v) is 8.77. The monoisotopic (exact) mass is 404 g/mol. The van der Waals surface area contributed by atoms with Gasteiger partial charge in [-0.2, -0.15) is 0 Å². The second kappa shape index (κ2) is 7.66. The molecule has 1 heterocycles. The molecule has 0 atom stereocenters. The zero-order valence-corrected chi connectivity index (χ0v) is 15.2. The molecule has 3 rings (SSSR count). The van der Waals surface area contributed by atoms with Gasteiger partial charge >= 0.3 is 0 Å². The Hall–Kier alpha value is -3.82. The largest absolute Gasteiger partial charge is 0.504 e. The van der Waals surface area contributed by atoms with E-state index in [1.54, 1.807) is 0 Å². The van der Waals surface area contributed by atoms with Crippen LogP contribution in [-0.4, -0.2) is 78.4 Å². The van der Waals surface area contributed by atoms with Crippen molar-refractivity contribution in [3.05, 3.63) is 35.4 Å². The van der Waals surface area contributed by atoms with Crippen molar-refractivity contribution < 1.29 is 40.2 Å². The summed E-state index contributed by atoms with van der Waals surface area (Å²) in [7, 11) is 0. The number of hydrogen-bond donors (Lipinski definition) is 6. The number of rotatable bonds is 2. The fourth-order valence-electron chi connectivity index (χ4n) is 3.14. The van der Waals surface area contributed by atoms with Crippen LogP contribution in [0.4, 0.5) is 0 Å². The Bertz CT molecular complexity index is 851. The minimum atomic E-state index is -0.713. The van der Waals surface area contributed by atoms with Crippen LogP contribution in [0.5, 0.6) is 34.5 Å². The van der Waals surface area contributed by atoms with Crippen LogP contribution >= 0.6 is 0 Å². The first-order valence-electron chi connectivity index (χ1n) is 8.77. The number of phenolic OH excluding ortho intramolecular Hbond substituents is 6. The summed E-state index contributed by atoms with van der Waals surface area (Å²) < 4.78 is 0. The van der Waals surface area contributed by atoms with Gasteiger partial charge in [0.05, 0.1) is 0 Å². The van der Waals surface area contributed by atoms with Gasteiger partial charge in [0.2, 0.25) is 0 Å². The van der Waals surface area contributed by atoms with Gasteiger partial charge < -0.3 is 40.4 Å². The zero-order valence-electron chi connectivity index (χ0n) is 15.2. The molecule has 29 heavy (non-hydrogen) atoms. The van der Waals surface area contributed by atoms with Crippen LogP contribution < -0.4 is 0 Å². The quantitative estimate of drug-likeness (QED) is 0.402. The van der Waals surface area contributed by atoms with E-state index in [9.17, 15) is 40.2 Å². The molecule has 1 aliphatic heterocycles. The molecule has 0 radical (unpaired) electrons. The molecule has 2 aromatic carbocycles. The summed E-state index contributed by atoms with van der Waals surface area (Å²) in [4.78, 5) is 28.2. The van der Waals surface area contributed by atoms with Crippen LogP contribution in [0.3, 0.4) is 0 Å². The summed E-state index contributed by atoms with van der Waals surface area (Å²) in [5.41, 5.74) is -0.0167. The summed E-state index contributed by atoms with van der Waals surface area (Å²) in [6, 6.07) is 4.20. The molecule has 0 saturated carbocycles. The number of benzene rings is 2. The molecule has 0 aliphatic carbocycles. The van der Waals surface area contributed by atoms with E-state index in [-0.39, 0.29) is 24.2 Å². The Morgan fingerprint density at radius 2 is 0.897 bits per heavy atom. The fourth-order valence-corrected chi connectivity index (χ4v) is 3.14. The van der Waals surface area contributed by atoms with Crippen LogP contribution in [0.1, 0.15) is 27.1 Å². The molecule has 1 aliphatic rings. The van der Waals surface area contributed by atoms with E-state index >= 15 is 0 Å². The molecule has 10 heteroatoms. The summed E-state index contributed by atoms with van der Waals surface area (Å²) >= 11 is 0. The first kappa shape index (κ1) is 19.9. The maximum Gasteiger partial charge on any atom is 0.254 e. The van der Waals surface area contributed by atoms with Crippen LogP contribution in [0.2, 0.25) is 0 Å². The lowest BCUT2D eigenvalue weighted by atomic mass is 10.1. The van der Waals surface area contributed by atoms with Crippen molar-refractivity contribution in [2.24, 2.45) is 0 Å². The molecule has 0 unspecified atom stereocenters. The van der Waals surface area contributed by atoms with Gasteiger partial charge in [-0.25, -0.2) is 0 Å². The van der Waals surface area contributed by atoms with Crippen molar-refractivity contribution in [2.45, 2.75) is 6.42 Å². The van der Waals surface area contributed by atoms with E-state index in [2.05, 4.69) is 0 Å². The SMILES string of the molecule is O=C(c1cc(O)c(O)c(O)c1)N1CCCN(C(=O)c2cc(O)c(O)c(O)c2)CC1. The smallest absolute Gasteiger partial charge is 0.254 e. The predicted molar refractivity (Wildman–Crippen MR) is 99.3 cm³/mol. The van der Waals surface area contributed by atoms with Crippen molar-refractivity contribution in [1.82, 2.24) is 9.80 Å². The average molecular weight is 404 g/mol. The fraction of sp³-hybridized carbons (Fsp3) is 0.263. The van der Waals surface area contributed by atoms with Crippen molar-refractivity contribution in [2.75, 3.05) is 26.2 Å². The Morgan fingerprint density at radius 1 is 0.586 bits per heavy atom. The predicted octanol–water partition coefficient (Wildman–Crippen LogP) is 0.908. The zero-order chi connectivity index (χ0) is 21.3. The van der Waals surface area contributed by atoms with Gasteiger partial charge in [0.15, 0.2) is 34.5 Å². The Kier molecular flexibility index (Phi) is 5.26. The number of amides is 2. The van der Waals surface area contributed by atoms with Crippen molar-refractivity contribution in [3.63, 3.8) is 0 Å². The van der Waals surface area contributed by atoms with Gasteiger partial charge in [-0.1, -0.05) is 0 Å². The molecule has 0 spiro atoms. The van der Waals surface area contributed by atoms with Crippen LogP contribution in [0.25, 0.3) is 0 Å². The topological polar surface area (TPSA) is 162 Å². The third kappa shape index (κ3) is 3.91. The number of carbonyl (C=O) groups is 2. The van der Waals surface area contributed by atoms with E-state index in [0.717, 1.165) is 24.3 Å². The van der Waals surface area contributed by atoms with E-state index < -0.39 is 46.3 Å². The molecule has 154 valence electrons. The van der Waals surface area contributed by atoms with Gasteiger partial charge in [0.1, 0.15) is 0 Å². The summed E-state index contributed by atoms with van der Waals surface area (Å²) in [5.74, 6) is -4.86. The van der Waals surface area contributed by atoms with E-state index in [1.165, 1.54) is 9.80 Å². The van der Waals surface area contributed by atoms with Gasteiger partial charge in [0, 0.05) is 37.3 Å². The average Bonchev–Trinajstić information content (AvgIpc) is 2.94. The van der Waals surface area contributed by atoms with Crippen LogP contribution in [0.15, 0.2) is 24.3 Å². The van der Waals surface area contributed by atoms with Crippen LogP contribution in [-0.2, 0) is 0 Å². The summed E-state index contributed by atoms with van der Waals surface area (Å²) in [5, 5.41) is 57.2. The number of nitrogens with zero attached hydrogens (tertiary/aromatic N) is 2. The molecular weight excluding hydrogens is 384 g/mol. The summed E-state index contributed by atoms with van der Waals surface area (Å²) in [6.07, 6.45) is 0.448. The van der Waals surface area contributed by atoms with E-state index in [0.29, 0.717) is 19.5 Å². The minimum Gasteiger partial charge on any atom is -0.504 e. The lowest BCUT2D eigenvalue weighted by Gasteiger charge is -2.22. The Balaban J connectivity index is 1.73. The summed E-state index contributed by atoms with van der Waals surface area (Å²) in [6.45, 7) is 0.972. The second-order valence-corrected chi connectivity index (χ2v) is 6.66. The highest BCUT2D eigenvalue weighted by Gasteiger charge is 2.25. The molecule has 2 amide bonds. The highest BCUT2D eigenvalue weighted by molar-refractivity contribution is 5.97. The van der Waals surface area contributed by atoms with Crippen LogP contribution in [0, 0.1) is 0 Å². The molecule has 1 saturated heterocycles. The van der Waals surface area contributed by atoms with Gasteiger partial charge in [-0.15, -0.1) is 0 Å². The Labute approximate surface area is 165 Å². The lowest BCUT2D eigenvalue weighted by molar-refractivity contribution is 0.0718. The number of hydrogen-bond acceptors (Lipinski definition) is 8. The molecule has 2 aromatic rings. The molecular formula is C19H20N2O8. The van der Waals surface area contributed by atoms with Crippen molar-refractivity contribution in [3.8, 4) is 34.5 Å². The normalized spacial score (nSPS) is 14.5. The van der Waals surface area contributed by atoms with Gasteiger partial charge in [-0.05, 0) is 30.7 Å². The van der Waals surface area contributed by atoms with E-state index in [4.69, 9.17) is 0 Å². The third-order valence-corrected chi connectivity index (χ3v) is 4.70. The van der Waals surface area contributed by atoms with Crippen molar-refractivity contribution >= 4 is 11.8 Å². The molecule has 10 nitrogen and oxygen atoms in total. The van der Waals surface area contributed by atoms with Crippen molar-refractivity contribution in [1.29, 1.82) is 0 Å². The number of phenols is 6.